The number of halogens is 1. The van der Waals surface area contributed by atoms with E-state index in [0.717, 1.165) is 28.4 Å². The Balaban J connectivity index is 1.95. The highest BCUT2D eigenvalue weighted by Crippen LogP contribution is 2.28. The van der Waals surface area contributed by atoms with Crippen molar-refractivity contribution >= 4 is 27.0 Å². The maximum absolute atomic E-state index is 13.5. The topological polar surface area (TPSA) is 68.3 Å². The van der Waals surface area contributed by atoms with Crippen molar-refractivity contribution in [2.45, 2.75) is 11.8 Å². The summed E-state index contributed by atoms with van der Waals surface area (Å²) in [6.07, 6.45) is 0. The van der Waals surface area contributed by atoms with Gasteiger partial charge < -0.3 is 4.74 Å². The summed E-state index contributed by atoms with van der Waals surface area (Å²) in [6, 6.07) is 10.2. The number of nitrogens with zero attached hydrogens (tertiary/aromatic N) is 1. The van der Waals surface area contributed by atoms with Crippen molar-refractivity contribution in [3.8, 4) is 17.0 Å². The number of anilines is 1. The van der Waals surface area contributed by atoms with Crippen molar-refractivity contribution in [2.24, 2.45) is 0 Å². The Labute approximate surface area is 149 Å². The van der Waals surface area contributed by atoms with Crippen LogP contribution in [0.5, 0.6) is 5.75 Å². The van der Waals surface area contributed by atoms with Gasteiger partial charge in [-0.2, -0.15) is 0 Å². The van der Waals surface area contributed by atoms with Crippen LogP contribution in [0.1, 0.15) is 5.01 Å². The van der Waals surface area contributed by atoms with Crippen LogP contribution in [-0.2, 0) is 10.0 Å². The highest BCUT2D eigenvalue weighted by atomic mass is 32.2. The molecule has 0 saturated carbocycles. The Kier molecular flexibility index (Phi) is 4.73. The molecular formula is C17H15FN2O3S2. The fraction of sp³-hybridized carbons (Fsp3) is 0.118. The smallest absolute Gasteiger partial charge is 0.265 e. The van der Waals surface area contributed by atoms with Gasteiger partial charge in [0.15, 0.2) is 0 Å². The summed E-state index contributed by atoms with van der Waals surface area (Å²) in [5.74, 6) is -0.590. The third-order valence-corrected chi connectivity index (χ3v) is 5.62. The fourth-order valence-electron chi connectivity index (χ4n) is 2.31. The average Bonchev–Trinajstić information content (AvgIpc) is 3.01. The molecule has 0 aliphatic carbocycles. The molecule has 25 heavy (non-hydrogen) atoms. The molecule has 0 aliphatic heterocycles. The maximum Gasteiger partial charge on any atom is 0.265 e. The van der Waals surface area contributed by atoms with Gasteiger partial charge in [-0.25, -0.2) is 17.8 Å². The summed E-state index contributed by atoms with van der Waals surface area (Å²) in [7, 11) is -2.67. The van der Waals surface area contributed by atoms with Crippen LogP contribution < -0.4 is 9.46 Å². The van der Waals surface area contributed by atoms with Crippen LogP contribution in [0.2, 0.25) is 0 Å². The second kappa shape index (κ2) is 6.81. The summed E-state index contributed by atoms with van der Waals surface area (Å²) < 4.78 is 46.2. The zero-order valence-electron chi connectivity index (χ0n) is 13.5. The minimum atomic E-state index is -4.01. The van der Waals surface area contributed by atoms with Crippen molar-refractivity contribution in [1.29, 1.82) is 0 Å². The van der Waals surface area contributed by atoms with Gasteiger partial charge >= 0.3 is 0 Å². The first-order valence-corrected chi connectivity index (χ1v) is 9.64. The van der Waals surface area contributed by atoms with E-state index in [2.05, 4.69) is 9.71 Å². The summed E-state index contributed by atoms with van der Waals surface area (Å²) in [4.78, 5) is 4.13. The lowest BCUT2D eigenvalue weighted by atomic mass is 10.1. The standard InChI is InChI=1S/C17H15FN2O3S2/c1-11-19-15(10-24-11)12-4-3-5-14(8-12)20-25(21,22)17-9-13(18)6-7-16(17)23-2/h3-10,20H,1-2H3. The minimum Gasteiger partial charge on any atom is -0.495 e. The van der Waals surface area contributed by atoms with E-state index in [0.29, 0.717) is 5.69 Å². The van der Waals surface area contributed by atoms with Crippen molar-refractivity contribution in [1.82, 2.24) is 4.98 Å². The summed E-state index contributed by atoms with van der Waals surface area (Å²) in [5, 5.41) is 2.82. The van der Waals surface area contributed by atoms with Gasteiger partial charge in [-0.15, -0.1) is 11.3 Å². The Morgan fingerprint density at radius 2 is 2.00 bits per heavy atom. The molecule has 3 aromatic rings. The number of nitrogens with one attached hydrogen (secondary N) is 1. The molecule has 0 radical (unpaired) electrons. The molecule has 2 aromatic carbocycles. The molecule has 0 saturated heterocycles. The molecule has 0 fully saturated rings. The van der Waals surface area contributed by atoms with E-state index in [1.807, 2.05) is 18.4 Å². The third-order valence-electron chi connectivity index (χ3n) is 3.44. The van der Waals surface area contributed by atoms with E-state index in [1.165, 1.54) is 24.5 Å². The second-order valence-corrected chi connectivity index (χ2v) is 7.95. The van der Waals surface area contributed by atoms with E-state index in [9.17, 15) is 12.8 Å². The molecule has 0 unspecified atom stereocenters. The van der Waals surface area contributed by atoms with E-state index in [4.69, 9.17) is 4.74 Å². The summed E-state index contributed by atoms with van der Waals surface area (Å²) >= 11 is 1.51. The molecule has 1 aromatic heterocycles. The van der Waals surface area contributed by atoms with E-state index in [-0.39, 0.29) is 10.6 Å². The van der Waals surface area contributed by atoms with Gasteiger partial charge in [0.25, 0.3) is 10.0 Å². The number of thiazole rings is 1. The second-order valence-electron chi connectivity index (χ2n) is 5.23. The van der Waals surface area contributed by atoms with Crippen LogP contribution in [0.3, 0.4) is 0 Å². The number of hydrogen-bond acceptors (Lipinski definition) is 5. The van der Waals surface area contributed by atoms with Gasteiger partial charge in [-0.3, -0.25) is 4.72 Å². The Morgan fingerprint density at radius 1 is 1.20 bits per heavy atom. The number of ether oxygens (including phenoxy) is 1. The highest BCUT2D eigenvalue weighted by molar-refractivity contribution is 7.92. The quantitative estimate of drug-likeness (QED) is 0.727. The van der Waals surface area contributed by atoms with Crippen molar-refractivity contribution in [3.63, 3.8) is 0 Å². The zero-order chi connectivity index (χ0) is 18.0. The summed E-state index contributed by atoms with van der Waals surface area (Å²) in [5.41, 5.74) is 1.91. The largest absolute Gasteiger partial charge is 0.495 e. The first kappa shape index (κ1) is 17.4. The normalized spacial score (nSPS) is 11.3. The number of methoxy groups -OCH3 is 1. The lowest BCUT2D eigenvalue weighted by Crippen LogP contribution is -2.14. The zero-order valence-corrected chi connectivity index (χ0v) is 15.1. The predicted octanol–water partition coefficient (Wildman–Crippen LogP) is 4.07. The van der Waals surface area contributed by atoms with Gasteiger partial charge in [0.2, 0.25) is 0 Å². The van der Waals surface area contributed by atoms with Crippen LogP contribution >= 0.6 is 11.3 Å². The van der Waals surface area contributed by atoms with Crippen molar-refractivity contribution in [2.75, 3.05) is 11.8 Å². The fourth-order valence-corrected chi connectivity index (χ4v) is 4.16. The number of rotatable bonds is 5. The number of hydrogen-bond donors (Lipinski definition) is 1. The molecule has 5 nitrogen and oxygen atoms in total. The lowest BCUT2D eigenvalue weighted by molar-refractivity contribution is 0.401. The van der Waals surface area contributed by atoms with E-state index >= 15 is 0 Å². The van der Waals surface area contributed by atoms with Crippen LogP contribution in [0.4, 0.5) is 10.1 Å². The highest BCUT2D eigenvalue weighted by Gasteiger charge is 2.21. The first-order chi connectivity index (χ1) is 11.9. The monoisotopic (exact) mass is 378 g/mol. The van der Waals surface area contributed by atoms with Gasteiger partial charge in [0, 0.05) is 16.6 Å². The van der Waals surface area contributed by atoms with Gasteiger partial charge in [0.05, 0.1) is 17.8 Å². The Hall–Kier alpha value is -2.45. The van der Waals surface area contributed by atoms with Crippen molar-refractivity contribution in [3.05, 3.63) is 58.7 Å². The molecular weight excluding hydrogens is 363 g/mol. The van der Waals surface area contributed by atoms with Gasteiger partial charge in [-0.1, -0.05) is 12.1 Å². The molecule has 8 heteroatoms. The van der Waals surface area contributed by atoms with Crippen LogP contribution in [-0.4, -0.2) is 20.5 Å². The molecule has 0 spiro atoms. The molecule has 130 valence electrons. The van der Waals surface area contributed by atoms with Crippen molar-refractivity contribution < 1.29 is 17.5 Å². The molecule has 0 amide bonds. The Morgan fingerprint density at radius 3 is 2.68 bits per heavy atom. The van der Waals surface area contributed by atoms with Gasteiger partial charge in [-0.05, 0) is 37.3 Å². The number of sulfonamides is 1. The van der Waals surface area contributed by atoms with E-state index < -0.39 is 15.8 Å². The summed E-state index contributed by atoms with van der Waals surface area (Å²) in [6.45, 7) is 1.90. The molecule has 3 rings (SSSR count). The van der Waals surface area contributed by atoms with Crippen LogP contribution in [0.25, 0.3) is 11.3 Å². The average molecular weight is 378 g/mol. The SMILES string of the molecule is COc1ccc(F)cc1S(=O)(=O)Nc1cccc(-c2csc(C)n2)c1. The molecule has 0 aliphatic rings. The minimum absolute atomic E-state index is 0.0696. The molecule has 0 atom stereocenters. The van der Waals surface area contributed by atoms with E-state index in [1.54, 1.807) is 18.2 Å². The molecule has 1 N–H and O–H groups in total. The number of benzene rings is 2. The third kappa shape index (κ3) is 3.80. The molecule has 0 bridgehead atoms. The van der Waals surface area contributed by atoms with Gasteiger partial charge in [0.1, 0.15) is 16.5 Å². The number of aromatic nitrogens is 1. The Bertz CT molecular complexity index is 1020. The van der Waals surface area contributed by atoms with Crippen LogP contribution in [0.15, 0.2) is 52.7 Å². The first-order valence-electron chi connectivity index (χ1n) is 7.28. The predicted molar refractivity (Wildman–Crippen MR) is 96.0 cm³/mol. The molecule has 1 heterocycles. The lowest BCUT2D eigenvalue weighted by Gasteiger charge is -2.12. The maximum atomic E-state index is 13.5. The number of aryl methyl sites for hydroxylation is 1. The van der Waals surface area contributed by atoms with Crippen LogP contribution in [0, 0.1) is 12.7 Å².